The predicted octanol–water partition coefficient (Wildman–Crippen LogP) is 4.42. The highest BCUT2D eigenvalue weighted by Crippen LogP contribution is 2.37. The lowest BCUT2D eigenvalue weighted by molar-refractivity contribution is -0.119. The molecule has 0 spiro atoms. The molecule has 1 aliphatic rings. The smallest absolute Gasteiger partial charge is 0.340 e. The molecular weight excluding hydrogens is 536 g/mol. The van der Waals surface area contributed by atoms with E-state index in [1.54, 1.807) is 76.3 Å². The Labute approximate surface area is 244 Å². The molecular formula is C32H34N4O6. The van der Waals surface area contributed by atoms with Gasteiger partial charge < -0.3 is 24.6 Å². The highest BCUT2D eigenvalue weighted by Gasteiger charge is 2.36. The van der Waals surface area contributed by atoms with E-state index in [2.05, 4.69) is 5.32 Å². The second-order valence-electron chi connectivity index (χ2n) is 9.92. The molecule has 1 atom stereocenters. The van der Waals surface area contributed by atoms with E-state index < -0.39 is 17.9 Å². The molecule has 0 fully saturated rings. The zero-order valence-electron chi connectivity index (χ0n) is 24.3. The highest BCUT2D eigenvalue weighted by atomic mass is 16.5. The van der Waals surface area contributed by atoms with Crippen molar-refractivity contribution in [2.75, 3.05) is 51.1 Å². The number of fused-ring (bicyclic) bond motifs is 1. The molecule has 2 amide bonds. The quantitative estimate of drug-likeness (QED) is 0.283. The molecule has 10 heteroatoms. The number of rotatable bonds is 10. The Morgan fingerprint density at radius 1 is 0.857 bits per heavy atom. The van der Waals surface area contributed by atoms with Gasteiger partial charge in [0, 0.05) is 12.7 Å². The van der Waals surface area contributed by atoms with Crippen molar-refractivity contribution in [3.05, 3.63) is 89.0 Å². The van der Waals surface area contributed by atoms with Gasteiger partial charge in [0.2, 0.25) is 11.8 Å². The van der Waals surface area contributed by atoms with Gasteiger partial charge in [0.25, 0.3) is 0 Å². The first-order valence-electron chi connectivity index (χ1n) is 13.6. The van der Waals surface area contributed by atoms with E-state index in [-0.39, 0.29) is 37.1 Å². The standard InChI is InChI=1S/C32H34N4O6/c1-6-41-31(39)21-13-15-23-25(17-21)34-30(38)28(23)29(20-11-9-8-10-12-20)33-22-14-16-26(24(18-22)32(40)42-7-2)36(5)27(37)19-35(3)4/h8-18,28H,6-7,19H2,1-5H3,(H,34,38). The van der Waals surface area contributed by atoms with Gasteiger partial charge in [0.05, 0.1) is 48.0 Å². The molecule has 0 bridgehead atoms. The fourth-order valence-electron chi connectivity index (χ4n) is 4.69. The SMILES string of the molecule is CCOC(=O)c1ccc2c(c1)NC(=O)C2C(=Nc1ccc(N(C)C(=O)CN(C)C)c(C(=O)OCC)c1)c1ccccc1. The molecule has 1 heterocycles. The monoisotopic (exact) mass is 570 g/mol. The molecule has 1 N–H and O–H groups in total. The maximum absolute atomic E-state index is 13.4. The minimum Gasteiger partial charge on any atom is -0.462 e. The van der Waals surface area contributed by atoms with E-state index >= 15 is 0 Å². The van der Waals surface area contributed by atoms with Crippen LogP contribution in [0.2, 0.25) is 0 Å². The zero-order valence-corrected chi connectivity index (χ0v) is 24.3. The first-order chi connectivity index (χ1) is 20.1. The molecule has 42 heavy (non-hydrogen) atoms. The van der Waals surface area contributed by atoms with Crippen LogP contribution in [0.1, 0.15) is 51.6 Å². The zero-order chi connectivity index (χ0) is 30.4. The summed E-state index contributed by atoms with van der Waals surface area (Å²) in [6.07, 6.45) is 0. The van der Waals surface area contributed by atoms with Crippen molar-refractivity contribution in [3.8, 4) is 0 Å². The molecule has 0 radical (unpaired) electrons. The van der Waals surface area contributed by atoms with Gasteiger partial charge in [-0.1, -0.05) is 36.4 Å². The maximum atomic E-state index is 13.4. The normalized spacial score (nSPS) is 14.3. The number of nitrogens with one attached hydrogen (secondary N) is 1. The van der Waals surface area contributed by atoms with Crippen LogP contribution in [0.4, 0.5) is 17.1 Å². The number of hydrogen-bond donors (Lipinski definition) is 1. The summed E-state index contributed by atoms with van der Waals surface area (Å²) in [5.41, 5.74) is 3.62. The number of carbonyl (C=O) groups is 4. The third-order valence-electron chi connectivity index (χ3n) is 6.65. The molecule has 218 valence electrons. The summed E-state index contributed by atoms with van der Waals surface area (Å²) in [7, 11) is 5.18. The summed E-state index contributed by atoms with van der Waals surface area (Å²) in [5.74, 6) is -2.35. The van der Waals surface area contributed by atoms with Gasteiger partial charge in [-0.15, -0.1) is 0 Å². The third-order valence-corrected chi connectivity index (χ3v) is 6.65. The second-order valence-corrected chi connectivity index (χ2v) is 9.92. The Morgan fingerprint density at radius 3 is 2.21 bits per heavy atom. The van der Waals surface area contributed by atoms with Crippen molar-refractivity contribution >= 4 is 46.5 Å². The first-order valence-corrected chi connectivity index (χ1v) is 13.6. The number of aliphatic imine (C=N–C) groups is 1. The fraction of sp³-hybridized carbons (Fsp3) is 0.281. The minimum absolute atomic E-state index is 0.156. The molecule has 0 saturated heterocycles. The minimum atomic E-state index is -0.784. The second kappa shape index (κ2) is 13.2. The molecule has 1 unspecified atom stereocenters. The van der Waals surface area contributed by atoms with E-state index in [4.69, 9.17) is 14.5 Å². The lowest BCUT2D eigenvalue weighted by Crippen LogP contribution is -2.35. The number of hydrogen-bond acceptors (Lipinski definition) is 8. The topological polar surface area (TPSA) is 118 Å². The van der Waals surface area contributed by atoms with Gasteiger partial charge in [-0.3, -0.25) is 14.6 Å². The van der Waals surface area contributed by atoms with Gasteiger partial charge >= 0.3 is 11.9 Å². The van der Waals surface area contributed by atoms with Crippen molar-refractivity contribution in [1.82, 2.24) is 4.90 Å². The molecule has 0 saturated carbocycles. The van der Waals surface area contributed by atoms with Crippen LogP contribution in [0.3, 0.4) is 0 Å². The number of nitrogens with zero attached hydrogens (tertiary/aromatic N) is 3. The Balaban J connectivity index is 1.82. The van der Waals surface area contributed by atoms with Gasteiger partial charge in [-0.25, -0.2) is 9.59 Å². The van der Waals surface area contributed by atoms with Crippen molar-refractivity contribution in [2.45, 2.75) is 19.8 Å². The summed E-state index contributed by atoms with van der Waals surface area (Å²) in [6, 6.07) is 19.1. The Hall–Kier alpha value is -4.83. The summed E-state index contributed by atoms with van der Waals surface area (Å²) in [5, 5.41) is 2.87. The summed E-state index contributed by atoms with van der Waals surface area (Å²) in [6.45, 7) is 3.98. The van der Waals surface area contributed by atoms with Crippen LogP contribution >= 0.6 is 0 Å². The average molecular weight is 571 g/mol. The van der Waals surface area contributed by atoms with E-state index in [1.165, 1.54) is 4.90 Å². The number of benzene rings is 3. The van der Waals surface area contributed by atoms with Crippen LogP contribution in [-0.4, -0.2) is 75.3 Å². The van der Waals surface area contributed by atoms with E-state index in [9.17, 15) is 19.2 Å². The third kappa shape index (κ3) is 6.55. The molecule has 3 aromatic rings. The van der Waals surface area contributed by atoms with Crippen LogP contribution in [0.25, 0.3) is 0 Å². The number of carbonyl (C=O) groups excluding carboxylic acids is 4. The number of anilines is 2. The van der Waals surface area contributed by atoms with Gasteiger partial charge in [0.15, 0.2) is 0 Å². The van der Waals surface area contributed by atoms with Crippen LogP contribution < -0.4 is 10.2 Å². The van der Waals surface area contributed by atoms with Gasteiger partial charge in [0.1, 0.15) is 5.92 Å². The molecule has 0 aromatic heterocycles. The molecule has 0 aliphatic carbocycles. The van der Waals surface area contributed by atoms with Crippen molar-refractivity contribution in [1.29, 1.82) is 0 Å². The van der Waals surface area contributed by atoms with Crippen molar-refractivity contribution in [2.24, 2.45) is 4.99 Å². The number of likely N-dealkylation sites (N-methyl/N-ethyl adjacent to an activating group) is 2. The van der Waals surface area contributed by atoms with E-state index in [0.29, 0.717) is 39.5 Å². The highest BCUT2D eigenvalue weighted by molar-refractivity contribution is 6.24. The Kier molecular flexibility index (Phi) is 9.49. The molecule has 3 aromatic carbocycles. The van der Waals surface area contributed by atoms with Crippen molar-refractivity contribution < 1.29 is 28.7 Å². The van der Waals surface area contributed by atoms with Crippen LogP contribution in [0.15, 0.2) is 71.7 Å². The van der Waals surface area contributed by atoms with Gasteiger partial charge in [-0.2, -0.15) is 0 Å². The van der Waals surface area contributed by atoms with E-state index in [0.717, 1.165) is 0 Å². The predicted molar refractivity (Wildman–Crippen MR) is 161 cm³/mol. The molecule has 10 nitrogen and oxygen atoms in total. The van der Waals surface area contributed by atoms with Crippen LogP contribution in [-0.2, 0) is 19.1 Å². The summed E-state index contributed by atoms with van der Waals surface area (Å²) in [4.78, 5) is 59.5. The number of ether oxygens (including phenoxy) is 2. The number of esters is 2. The van der Waals surface area contributed by atoms with Gasteiger partial charge in [-0.05, 0) is 69.4 Å². The lowest BCUT2D eigenvalue weighted by atomic mass is 9.90. The Morgan fingerprint density at radius 2 is 1.55 bits per heavy atom. The molecule has 1 aliphatic heterocycles. The lowest BCUT2D eigenvalue weighted by Gasteiger charge is -2.22. The fourth-order valence-corrected chi connectivity index (χ4v) is 4.69. The maximum Gasteiger partial charge on any atom is 0.340 e. The van der Waals surface area contributed by atoms with E-state index in [1.807, 2.05) is 30.3 Å². The van der Waals surface area contributed by atoms with Crippen molar-refractivity contribution in [3.63, 3.8) is 0 Å². The summed E-state index contributed by atoms with van der Waals surface area (Å²) < 4.78 is 10.4. The number of amides is 2. The summed E-state index contributed by atoms with van der Waals surface area (Å²) >= 11 is 0. The largest absolute Gasteiger partial charge is 0.462 e. The van der Waals surface area contributed by atoms with Crippen LogP contribution in [0.5, 0.6) is 0 Å². The first kappa shape index (κ1) is 30.1. The Bertz CT molecular complexity index is 1530. The van der Waals surface area contributed by atoms with Crippen LogP contribution in [0, 0.1) is 0 Å². The average Bonchev–Trinajstić information content (AvgIpc) is 3.30. The molecule has 4 rings (SSSR count).